The van der Waals surface area contributed by atoms with Crippen molar-refractivity contribution in [3.05, 3.63) is 47.2 Å². The number of benzene rings is 1. The zero-order valence-corrected chi connectivity index (χ0v) is 13.9. The van der Waals surface area contributed by atoms with Crippen LogP contribution in [0.25, 0.3) is 11.3 Å². The van der Waals surface area contributed by atoms with E-state index in [-0.39, 0.29) is 5.95 Å². The Morgan fingerprint density at radius 1 is 1.26 bits per heavy atom. The Labute approximate surface area is 142 Å². The second-order valence-corrected chi connectivity index (χ2v) is 6.04. The molecule has 0 saturated heterocycles. The molecule has 2 N–H and O–H groups in total. The van der Waals surface area contributed by atoms with Gasteiger partial charge in [-0.05, 0) is 12.1 Å². The highest BCUT2D eigenvalue weighted by Crippen LogP contribution is 2.26. The van der Waals surface area contributed by atoms with Crippen molar-refractivity contribution in [2.24, 2.45) is 0 Å². The first-order valence-electron chi connectivity index (χ1n) is 6.98. The summed E-state index contributed by atoms with van der Waals surface area (Å²) in [5, 5.41) is 1.22. The fourth-order valence-electron chi connectivity index (χ4n) is 1.92. The SMILES string of the molecule is CCc1nc(N)nc(SCc2ncc(-c3cccc(Cl)c3)o2)n1. The summed E-state index contributed by atoms with van der Waals surface area (Å²) in [6, 6.07) is 7.44. The Balaban J connectivity index is 1.71. The average molecular weight is 348 g/mol. The molecule has 0 atom stereocenters. The van der Waals surface area contributed by atoms with Crippen molar-refractivity contribution in [1.82, 2.24) is 19.9 Å². The summed E-state index contributed by atoms with van der Waals surface area (Å²) in [6.45, 7) is 1.97. The minimum absolute atomic E-state index is 0.228. The van der Waals surface area contributed by atoms with Crippen LogP contribution in [-0.4, -0.2) is 19.9 Å². The molecule has 0 bridgehead atoms. The summed E-state index contributed by atoms with van der Waals surface area (Å²) in [5.41, 5.74) is 6.56. The molecule has 0 aliphatic carbocycles. The molecule has 1 aromatic carbocycles. The van der Waals surface area contributed by atoms with Crippen molar-refractivity contribution in [2.75, 3.05) is 5.73 Å². The van der Waals surface area contributed by atoms with Gasteiger partial charge in [-0.25, -0.2) is 9.97 Å². The fraction of sp³-hybridized carbons (Fsp3) is 0.200. The number of nitrogens with two attached hydrogens (primary N) is 1. The van der Waals surface area contributed by atoms with Crippen molar-refractivity contribution in [1.29, 1.82) is 0 Å². The molecule has 6 nitrogen and oxygen atoms in total. The third kappa shape index (κ3) is 4.00. The molecule has 23 heavy (non-hydrogen) atoms. The number of halogens is 1. The Morgan fingerprint density at radius 2 is 2.13 bits per heavy atom. The number of rotatable bonds is 5. The minimum atomic E-state index is 0.228. The molecule has 118 valence electrons. The van der Waals surface area contributed by atoms with Crippen molar-refractivity contribution in [3.63, 3.8) is 0 Å². The maximum atomic E-state index is 5.99. The van der Waals surface area contributed by atoms with E-state index in [2.05, 4.69) is 19.9 Å². The predicted octanol–water partition coefficient (Wildman–Crippen LogP) is 3.62. The van der Waals surface area contributed by atoms with Crippen LogP contribution in [0, 0.1) is 0 Å². The van der Waals surface area contributed by atoms with Crippen molar-refractivity contribution < 1.29 is 4.42 Å². The quantitative estimate of drug-likeness (QED) is 0.705. The zero-order chi connectivity index (χ0) is 16.2. The molecule has 0 unspecified atom stereocenters. The summed E-state index contributed by atoms with van der Waals surface area (Å²) in [5.74, 6) is 2.67. The van der Waals surface area contributed by atoms with Gasteiger partial charge in [0.15, 0.2) is 10.9 Å². The third-order valence-electron chi connectivity index (χ3n) is 2.98. The van der Waals surface area contributed by atoms with Crippen LogP contribution in [0.3, 0.4) is 0 Å². The normalized spacial score (nSPS) is 10.9. The lowest BCUT2D eigenvalue weighted by molar-refractivity contribution is 0.529. The average Bonchev–Trinajstić information content (AvgIpc) is 3.01. The highest BCUT2D eigenvalue weighted by molar-refractivity contribution is 7.98. The number of hydrogen-bond acceptors (Lipinski definition) is 7. The number of oxazole rings is 1. The van der Waals surface area contributed by atoms with Crippen LogP contribution in [0.15, 0.2) is 40.0 Å². The van der Waals surface area contributed by atoms with Crippen LogP contribution in [0.5, 0.6) is 0 Å². The summed E-state index contributed by atoms with van der Waals surface area (Å²) >= 11 is 7.39. The van der Waals surface area contributed by atoms with Gasteiger partial charge in [0.2, 0.25) is 11.8 Å². The number of thioether (sulfide) groups is 1. The molecule has 2 aromatic heterocycles. The number of anilines is 1. The van der Waals surface area contributed by atoms with Gasteiger partial charge in [0.1, 0.15) is 5.82 Å². The number of nitrogens with zero attached hydrogens (tertiary/aromatic N) is 4. The van der Waals surface area contributed by atoms with E-state index in [1.165, 1.54) is 11.8 Å². The van der Waals surface area contributed by atoms with E-state index in [0.717, 1.165) is 5.56 Å². The molecular weight excluding hydrogens is 334 g/mol. The third-order valence-corrected chi connectivity index (χ3v) is 4.05. The van der Waals surface area contributed by atoms with Gasteiger partial charge >= 0.3 is 0 Å². The molecule has 2 heterocycles. The van der Waals surface area contributed by atoms with Gasteiger partial charge in [0.05, 0.1) is 11.9 Å². The van der Waals surface area contributed by atoms with Gasteiger partial charge < -0.3 is 10.2 Å². The highest BCUT2D eigenvalue weighted by atomic mass is 35.5. The van der Waals surface area contributed by atoms with Crippen LogP contribution >= 0.6 is 23.4 Å². The summed E-state index contributed by atoms with van der Waals surface area (Å²) in [7, 11) is 0. The first-order chi connectivity index (χ1) is 11.1. The van der Waals surface area contributed by atoms with Crippen molar-refractivity contribution in [3.8, 4) is 11.3 Å². The van der Waals surface area contributed by atoms with E-state index < -0.39 is 0 Å². The molecule has 3 aromatic rings. The van der Waals surface area contributed by atoms with E-state index in [0.29, 0.717) is 39.8 Å². The molecule has 0 amide bonds. The Bertz CT molecular complexity index is 823. The predicted molar refractivity (Wildman–Crippen MR) is 90.1 cm³/mol. The largest absolute Gasteiger partial charge is 0.440 e. The molecule has 8 heteroatoms. The van der Waals surface area contributed by atoms with Crippen LogP contribution in [0.4, 0.5) is 5.95 Å². The second-order valence-electron chi connectivity index (χ2n) is 4.66. The van der Waals surface area contributed by atoms with Gasteiger partial charge in [0, 0.05) is 17.0 Å². The number of hydrogen-bond donors (Lipinski definition) is 1. The van der Waals surface area contributed by atoms with Crippen molar-refractivity contribution >= 4 is 29.3 Å². The smallest absolute Gasteiger partial charge is 0.224 e. The first-order valence-corrected chi connectivity index (χ1v) is 8.34. The molecule has 0 aliphatic heterocycles. The number of aryl methyl sites for hydroxylation is 1. The fourth-order valence-corrected chi connectivity index (χ4v) is 2.82. The molecule has 0 fully saturated rings. The Morgan fingerprint density at radius 3 is 2.91 bits per heavy atom. The molecule has 0 radical (unpaired) electrons. The van der Waals surface area contributed by atoms with Crippen molar-refractivity contribution in [2.45, 2.75) is 24.3 Å². The Hall–Kier alpha value is -2.12. The first kappa shape index (κ1) is 15.8. The maximum Gasteiger partial charge on any atom is 0.224 e. The van der Waals surface area contributed by atoms with Gasteiger partial charge in [-0.1, -0.05) is 42.4 Å². The second kappa shape index (κ2) is 6.97. The van der Waals surface area contributed by atoms with E-state index in [4.69, 9.17) is 21.8 Å². The van der Waals surface area contributed by atoms with Crippen LogP contribution in [0.2, 0.25) is 5.02 Å². The molecule has 0 spiro atoms. The van der Waals surface area contributed by atoms with Crippen LogP contribution < -0.4 is 5.73 Å². The molecule has 0 saturated carbocycles. The monoisotopic (exact) mass is 347 g/mol. The van der Waals surface area contributed by atoms with E-state index in [9.17, 15) is 0 Å². The number of aromatic nitrogens is 4. The van der Waals surface area contributed by atoms with Gasteiger partial charge in [-0.15, -0.1) is 0 Å². The summed E-state index contributed by atoms with van der Waals surface area (Å²) in [6.07, 6.45) is 2.39. The zero-order valence-electron chi connectivity index (χ0n) is 12.4. The van der Waals surface area contributed by atoms with Crippen LogP contribution in [0.1, 0.15) is 18.6 Å². The lowest BCUT2D eigenvalue weighted by atomic mass is 10.2. The molecule has 3 rings (SSSR count). The van der Waals surface area contributed by atoms with Gasteiger partial charge in [0.25, 0.3) is 0 Å². The van der Waals surface area contributed by atoms with E-state index in [1.54, 1.807) is 6.20 Å². The van der Waals surface area contributed by atoms with Gasteiger partial charge in [-0.2, -0.15) is 9.97 Å². The highest BCUT2D eigenvalue weighted by Gasteiger charge is 2.10. The molecule has 0 aliphatic rings. The maximum absolute atomic E-state index is 5.99. The van der Waals surface area contributed by atoms with Gasteiger partial charge in [-0.3, -0.25) is 0 Å². The van der Waals surface area contributed by atoms with E-state index >= 15 is 0 Å². The Kier molecular flexibility index (Phi) is 4.78. The standard InChI is InChI=1S/C15H14ClN5OS/c1-2-12-19-14(17)21-15(20-12)23-8-13-18-7-11(22-13)9-4-3-5-10(16)6-9/h3-7H,2,8H2,1H3,(H2,17,19,20,21). The summed E-state index contributed by atoms with van der Waals surface area (Å²) in [4.78, 5) is 16.7. The van der Waals surface area contributed by atoms with Crippen LogP contribution in [-0.2, 0) is 12.2 Å². The minimum Gasteiger partial charge on any atom is -0.440 e. The summed E-state index contributed by atoms with van der Waals surface area (Å²) < 4.78 is 5.74. The lowest BCUT2D eigenvalue weighted by Crippen LogP contribution is -2.03. The topological polar surface area (TPSA) is 90.7 Å². The lowest BCUT2D eigenvalue weighted by Gasteiger charge is -2.01. The van der Waals surface area contributed by atoms with E-state index in [1.807, 2.05) is 31.2 Å². The molecular formula is C15H14ClN5OS. The number of nitrogen functional groups attached to an aromatic ring is 1.